The number of pyridine rings is 1. The van der Waals surface area contributed by atoms with Gasteiger partial charge in [-0.25, -0.2) is 8.78 Å². The first-order valence-electron chi connectivity index (χ1n) is 13.4. The summed E-state index contributed by atoms with van der Waals surface area (Å²) < 4.78 is 43.9. The van der Waals surface area contributed by atoms with E-state index in [1.165, 1.54) is 23.9 Å². The van der Waals surface area contributed by atoms with Gasteiger partial charge < -0.3 is 25.3 Å². The first-order chi connectivity index (χ1) is 19.8. The highest BCUT2D eigenvalue weighted by atomic mass is 19.3. The van der Waals surface area contributed by atoms with Crippen LogP contribution in [0.5, 0.6) is 11.5 Å². The van der Waals surface area contributed by atoms with Gasteiger partial charge in [0.2, 0.25) is 5.91 Å². The number of methoxy groups -OCH3 is 1. The number of benzene rings is 2. The number of alkyl halides is 2. The van der Waals surface area contributed by atoms with Crippen LogP contribution in [0.2, 0.25) is 0 Å². The summed E-state index contributed by atoms with van der Waals surface area (Å²) in [6, 6.07) is 10.4. The van der Waals surface area contributed by atoms with Gasteiger partial charge in [-0.1, -0.05) is 11.6 Å². The quantitative estimate of drug-likeness (QED) is 0.215. The Balaban J connectivity index is 2.06. The summed E-state index contributed by atoms with van der Waals surface area (Å²) >= 11 is 0. The van der Waals surface area contributed by atoms with Crippen LogP contribution in [-0.4, -0.2) is 56.1 Å². The zero-order chi connectivity index (χ0) is 31.0. The number of nitrogen functional groups attached to an aromatic ring is 1. The molecule has 226 valence electrons. The zero-order valence-corrected chi connectivity index (χ0v) is 24.7. The molecule has 0 saturated heterocycles. The Morgan fingerprint density at radius 3 is 2.48 bits per heavy atom. The molecule has 0 saturated carbocycles. The van der Waals surface area contributed by atoms with E-state index in [1.54, 1.807) is 49.7 Å². The van der Waals surface area contributed by atoms with Crippen molar-refractivity contribution in [2.45, 2.75) is 52.2 Å². The fourth-order valence-electron chi connectivity index (χ4n) is 4.28. The predicted molar refractivity (Wildman–Crippen MR) is 161 cm³/mol. The molecule has 2 aromatic carbocycles. The number of carbonyl (C=O) groups excluding carboxylic acids is 1. The minimum Gasteiger partial charge on any atom is -0.495 e. The fourth-order valence-corrected chi connectivity index (χ4v) is 4.28. The van der Waals surface area contributed by atoms with Gasteiger partial charge in [0.15, 0.2) is 0 Å². The molecule has 1 amide bonds. The maximum absolute atomic E-state index is 13.7. The van der Waals surface area contributed by atoms with Crippen LogP contribution in [0.3, 0.4) is 0 Å². The molecular formula is C31H38F2N4O5. The third-order valence-corrected chi connectivity index (χ3v) is 6.24. The topological polar surface area (TPSA) is 117 Å². The van der Waals surface area contributed by atoms with Crippen LogP contribution in [0.1, 0.15) is 44.4 Å². The molecule has 0 spiro atoms. The van der Waals surface area contributed by atoms with Gasteiger partial charge in [-0.2, -0.15) is 0 Å². The van der Waals surface area contributed by atoms with Crippen LogP contribution in [0.4, 0.5) is 20.2 Å². The smallest absolute Gasteiger partial charge is 0.272 e. The Morgan fingerprint density at radius 1 is 1.12 bits per heavy atom. The summed E-state index contributed by atoms with van der Waals surface area (Å²) in [5, 5.41) is 2.87. The number of nitrogens with two attached hydrogens (primary N) is 1. The van der Waals surface area contributed by atoms with E-state index in [1.807, 2.05) is 27.7 Å². The first kappa shape index (κ1) is 32.3. The monoisotopic (exact) mass is 584 g/mol. The average molecular weight is 585 g/mol. The third-order valence-electron chi connectivity index (χ3n) is 6.24. The second-order valence-electron chi connectivity index (χ2n) is 10.7. The highest BCUT2D eigenvalue weighted by molar-refractivity contribution is 5.96. The van der Waals surface area contributed by atoms with E-state index in [9.17, 15) is 18.4 Å². The molecule has 0 aliphatic rings. The van der Waals surface area contributed by atoms with E-state index in [4.69, 9.17) is 19.9 Å². The van der Waals surface area contributed by atoms with Crippen LogP contribution in [0.15, 0.2) is 58.4 Å². The second-order valence-corrected chi connectivity index (χ2v) is 10.7. The van der Waals surface area contributed by atoms with Gasteiger partial charge in [-0.05, 0) is 58.0 Å². The highest BCUT2D eigenvalue weighted by Crippen LogP contribution is 2.37. The Morgan fingerprint density at radius 2 is 1.83 bits per heavy atom. The van der Waals surface area contributed by atoms with Gasteiger partial charge in [-0.3, -0.25) is 19.1 Å². The van der Waals surface area contributed by atoms with Crippen LogP contribution in [-0.2, 0) is 9.53 Å². The number of halogens is 2. The molecule has 3 N–H and O–H groups in total. The molecule has 1 unspecified atom stereocenters. The van der Waals surface area contributed by atoms with E-state index >= 15 is 0 Å². The Kier molecular flexibility index (Phi) is 10.8. The van der Waals surface area contributed by atoms with Crippen molar-refractivity contribution in [3.8, 4) is 22.6 Å². The lowest BCUT2D eigenvalue weighted by molar-refractivity contribution is -0.120. The van der Waals surface area contributed by atoms with Gasteiger partial charge in [0, 0.05) is 60.4 Å². The number of aliphatic imine (C=N–C) groups is 1. The minimum atomic E-state index is -2.67. The maximum Gasteiger partial charge on any atom is 0.272 e. The summed E-state index contributed by atoms with van der Waals surface area (Å²) in [7, 11) is 3.04. The number of hydrogen-bond donors (Lipinski definition) is 2. The lowest BCUT2D eigenvalue weighted by Crippen LogP contribution is -2.34. The van der Waals surface area contributed by atoms with Crippen LogP contribution < -0.4 is 26.1 Å². The van der Waals surface area contributed by atoms with Crippen LogP contribution in [0.25, 0.3) is 11.1 Å². The summed E-state index contributed by atoms with van der Waals surface area (Å²) in [5.74, 6) is -0.0189. The number of ether oxygens (including phenoxy) is 3. The fraction of sp³-hybridized carbons (Fsp3) is 0.387. The number of aromatic nitrogens is 1. The van der Waals surface area contributed by atoms with E-state index in [0.29, 0.717) is 28.1 Å². The molecule has 0 aliphatic heterocycles. The van der Waals surface area contributed by atoms with E-state index in [0.717, 1.165) is 5.56 Å². The molecule has 9 nitrogen and oxygen atoms in total. The number of rotatable bonds is 12. The summed E-state index contributed by atoms with van der Waals surface area (Å²) in [5.41, 5.74) is 8.24. The molecule has 3 aromatic rings. The van der Waals surface area contributed by atoms with Crippen molar-refractivity contribution in [1.82, 2.24) is 4.57 Å². The van der Waals surface area contributed by atoms with Crippen molar-refractivity contribution in [1.29, 1.82) is 0 Å². The number of amides is 1. The normalized spacial score (nSPS) is 12.5. The molecular weight excluding hydrogens is 546 g/mol. The van der Waals surface area contributed by atoms with Gasteiger partial charge in [-0.15, -0.1) is 0 Å². The molecule has 0 radical (unpaired) electrons. The number of anilines is 2. The Labute approximate surface area is 244 Å². The molecule has 42 heavy (non-hydrogen) atoms. The van der Waals surface area contributed by atoms with Crippen molar-refractivity contribution >= 4 is 23.5 Å². The molecule has 0 bridgehead atoms. The number of hydrogen-bond acceptors (Lipinski definition) is 7. The number of nitrogens with zero attached hydrogens (tertiary/aromatic N) is 2. The third kappa shape index (κ3) is 8.62. The van der Waals surface area contributed by atoms with E-state index < -0.39 is 36.1 Å². The van der Waals surface area contributed by atoms with Crippen LogP contribution in [0, 0.1) is 6.92 Å². The Bertz CT molecular complexity index is 1480. The van der Waals surface area contributed by atoms with Gasteiger partial charge in [0.1, 0.15) is 24.1 Å². The maximum atomic E-state index is 13.7. The minimum absolute atomic E-state index is 0.178. The largest absolute Gasteiger partial charge is 0.495 e. The molecule has 11 heteroatoms. The summed E-state index contributed by atoms with van der Waals surface area (Å²) in [4.78, 5) is 31.2. The zero-order valence-electron chi connectivity index (χ0n) is 24.7. The first-order valence-corrected chi connectivity index (χ1v) is 13.4. The number of aryl methyl sites for hydroxylation is 1. The molecule has 0 aliphatic carbocycles. The van der Waals surface area contributed by atoms with E-state index in [-0.39, 0.29) is 24.5 Å². The summed E-state index contributed by atoms with van der Waals surface area (Å²) in [6.07, 6.45) is 0.529. The van der Waals surface area contributed by atoms with Crippen LogP contribution >= 0.6 is 0 Å². The van der Waals surface area contributed by atoms with Crippen molar-refractivity contribution in [2.24, 2.45) is 4.99 Å². The van der Waals surface area contributed by atoms with Crippen molar-refractivity contribution in [2.75, 3.05) is 38.4 Å². The predicted octanol–water partition coefficient (Wildman–Crippen LogP) is 5.49. The van der Waals surface area contributed by atoms with Crippen molar-refractivity contribution in [3.05, 3.63) is 70.1 Å². The SMILES string of the molecule is CN=Cc1cc(NC(=O)C(CCOC(C)(C)C)n2cc(OC)c(-c3cc(C)ccc3OCC(F)F)cc2=O)ccc1N. The highest BCUT2D eigenvalue weighted by Gasteiger charge is 2.25. The number of carbonyl (C=O) groups is 1. The van der Waals surface area contributed by atoms with E-state index in [2.05, 4.69) is 10.3 Å². The van der Waals surface area contributed by atoms with Gasteiger partial charge >= 0.3 is 0 Å². The molecule has 1 atom stereocenters. The standard InChI is InChI=1S/C31H38F2N4O5/c1-19-7-10-26(41-18-28(32)33)22(13-19)23-15-29(38)37(17-27(23)40-6)25(11-12-42-31(2,3)4)30(39)36-21-8-9-24(34)20(14-21)16-35-5/h7-10,13-17,25,28H,11-12,18,34H2,1-6H3,(H,36,39). The molecule has 1 heterocycles. The van der Waals surface area contributed by atoms with Gasteiger partial charge in [0.25, 0.3) is 12.0 Å². The second kappa shape index (κ2) is 14.1. The van der Waals surface area contributed by atoms with Crippen molar-refractivity contribution < 1.29 is 27.8 Å². The number of nitrogens with one attached hydrogen (secondary N) is 1. The average Bonchev–Trinajstić information content (AvgIpc) is 2.91. The molecule has 1 aromatic heterocycles. The Hall–Kier alpha value is -4.25. The van der Waals surface area contributed by atoms with Gasteiger partial charge in [0.05, 0.1) is 18.9 Å². The molecule has 3 rings (SSSR count). The van der Waals surface area contributed by atoms with Crippen molar-refractivity contribution in [3.63, 3.8) is 0 Å². The lowest BCUT2D eigenvalue weighted by atomic mass is 10.0. The summed E-state index contributed by atoms with van der Waals surface area (Å²) in [6.45, 7) is 6.91. The molecule has 0 fully saturated rings. The lowest BCUT2D eigenvalue weighted by Gasteiger charge is -2.24.